The van der Waals surface area contributed by atoms with Crippen LogP contribution in [0.1, 0.15) is 21.5 Å². The average molecular weight is 551 g/mol. The number of ketones is 1. The van der Waals surface area contributed by atoms with Gasteiger partial charge in [-0.3, -0.25) is 19.8 Å². The number of ether oxygens (including phenoxy) is 1. The van der Waals surface area contributed by atoms with Crippen molar-refractivity contribution in [2.45, 2.75) is 0 Å². The summed E-state index contributed by atoms with van der Waals surface area (Å²) in [5, 5.41) is 10.5. The first-order valence-corrected chi connectivity index (χ1v) is 12.6. The first-order chi connectivity index (χ1) is 19.4. The summed E-state index contributed by atoms with van der Waals surface area (Å²) in [5.74, 6) is -1.05. The lowest BCUT2D eigenvalue weighted by Gasteiger charge is -2.18. The molecule has 0 atom stereocenters. The van der Waals surface area contributed by atoms with Crippen molar-refractivity contribution in [1.82, 2.24) is 0 Å². The molecular formula is C31H23ClN4O4. The number of carbonyl (C=O) groups excluding carboxylic acids is 3. The van der Waals surface area contributed by atoms with Crippen LogP contribution >= 0.6 is 11.6 Å². The number of nitrogens with zero attached hydrogens (tertiary/aromatic N) is 1. The lowest BCUT2D eigenvalue weighted by molar-refractivity contribution is -0.116. The van der Waals surface area contributed by atoms with Gasteiger partial charge in [-0.1, -0.05) is 54.1 Å². The number of hydrogen-bond acceptors (Lipinski definition) is 6. The van der Waals surface area contributed by atoms with Gasteiger partial charge >= 0.3 is 0 Å². The predicted octanol–water partition coefficient (Wildman–Crippen LogP) is 6.02. The number of hydrogen-bond donors (Lipinski definition) is 3. The molecular weight excluding hydrogens is 528 g/mol. The number of amides is 2. The number of anilines is 3. The molecule has 40 heavy (non-hydrogen) atoms. The van der Waals surface area contributed by atoms with E-state index in [-0.39, 0.29) is 17.2 Å². The van der Waals surface area contributed by atoms with E-state index in [1.54, 1.807) is 72.8 Å². The van der Waals surface area contributed by atoms with E-state index < -0.39 is 11.7 Å². The second-order valence-electron chi connectivity index (χ2n) is 8.74. The summed E-state index contributed by atoms with van der Waals surface area (Å²) in [6.07, 6.45) is 1.54. The molecule has 9 heteroatoms. The van der Waals surface area contributed by atoms with Crippen LogP contribution in [-0.2, 0) is 9.59 Å². The molecule has 4 aromatic carbocycles. The third-order valence-corrected chi connectivity index (χ3v) is 6.36. The van der Waals surface area contributed by atoms with Crippen LogP contribution in [0.2, 0.25) is 5.02 Å². The second kappa shape index (κ2) is 11.7. The number of rotatable bonds is 7. The Balaban J connectivity index is 1.43. The largest absolute Gasteiger partial charge is 0.495 e. The topological polar surface area (TPSA) is 109 Å². The zero-order valence-corrected chi connectivity index (χ0v) is 22.0. The summed E-state index contributed by atoms with van der Waals surface area (Å²) in [5.41, 5.74) is 5.92. The van der Waals surface area contributed by atoms with Crippen molar-refractivity contribution in [3.8, 4) is 5.75 Å². The molecule has 0 heterocycles. The van der Waals surface area contributed by atoms with E-state index in [4.69, 9.17) is 16.3 Å². The van der Waals surface area contributed by atoms with Crippen LogP contribution in [0, 0.1) is 0 Å². The summed E-state index contributed by atoms with van der Waals surface area (Å²) in [4.78, 5) is 39.4. The monoisotopic (exact) mass is 550 g/mol. The third kappa shape index (κ3) is 5.77. The number of methoxy groups -OCH3 is 1. The number of para-hydroxylation sites is 1. The van der Waals surface area contributed by atoms with E-state index >= 15 is 0 Å². The van der Waals surface area contributed by atoms with Gasteiger partial charge in [0.15, 0.2) is 0 Å². The number of fused-ring (bicyclic) bond motifs is 1. The van der Waals surface area contributed by atoms with Gasteiger partial charge in [0.05, 0.1) is 18.4 Å². The van der Waals surface area contributed by atoms with Crippen LogP contribution in [0.4, 0.5) is 17.1 Å². The molecule has 2 amide bonds. The lowest BCUT2D eigenvalue weighted by atomic mass is 9.89. The van der Waals surface area contributed by atoms with Gasteiger partial charge in [-0.15, -0.1) is 0 Å². The van der Waals surface area contributed by atoms with E-state index in [9.17, 15) is 14.4 Å². The fraction of sp³-hybridized carbons (Fsp3) is 0.0323. The molecule has 3 N–H and O–H groups in total. The van der Waals surface area contributed by atoms with Crippen molar-refractivity contribution in [1.29, 1.82) is 0 Å². The number of benzene rings is 4. The molecule has 8 nitrogen and oxygen atoms in total. The normalized spacial score (nSPS) is 13.2. The molecule has 0 saturated heterocycles. The lowest BCUT2D eigenvalue weighted by Crippen LogP contribution is -2.30. The van der Waals surface area contributed by atoms with Gasteiger partial charge in [-0.05, 0) is 66.2 Å². The Hall–Kier alpha value is -5.21. The fourth-order valence-electron chi connectivity index (χ4n) is 4.10. The molecule has 0 radical (unpaired) electrons. The smallest absolute Gasteiger partial charge is 0.259 e. The Morgan fingerprint density at radius 3 is 2.23 bits per heavy atom. The molecule has 0 unspecified atom stereocenters. The van der Waals surface area contributed by atoms with E-state index in [2.05, 4.69) is 21.2 Å². The molecule has 1 aliphatic carbocycles. The number of Topliss-reactive ketones (excluding diaryl/α,β-unsaturated/α-hetero) is 1. The molecule has 0 spiro atoms. The van der Waals surface area contributed by atoms with E-state index in [1.807, 2.05) is 24.3 Å². The third-order valence-electron chi connectivity index (χ3n) is 6.10. The Labute approximate surface area is 235 Å². The maximum atomic E-state index is 13.5. The van der Waals surface area contributed by atoms with Crippen LogP contribution in [0.3, 0.4) is 0 Å². The quantitative estimate of drug-likeness (QED) is 0.192. The van der Waals surface area contributed by atoms with Crippen molar-refractivity contribution >= 4 is 58.0 Å². The minimum absolute atomic E-state index is 0.0422. The first-order valence-electron chi connectivity index (χ1n) is 12.2. The standard InChI is InChI=1S/C31H23ClN4O4/c1-40-27-16-11-20(30(38)33-22-8-3-2-4-9-22)18-26(27)35-36-28-24-10-6-5-7-19(24)17-25(29(28)37)31(39)34-23-14-12-21(32)13-15-23/h2-18,35H,1H3,(H,33,38)(H,34,39). The second-order valence-corrected chi connectivity index (χ2v) is 9.18. The SMILES string of the molecule is COc1ccc(C(=O)Nc2ccccc2)cc1NN=C1C(=O)C(C(=O)Nc2ccc(Cl)cc2)=Cc2ccccc21. The van der Waals surface area contributed by atoms with Gasteiger partial charge in [0, 0.05) is 27.5 Å². The molecule has 0 fully saturated rings. The summed E-state index contributed by atoms with van der Waals surface area (Å²) in [7, 11) is 1.49. The number of carbonyl (C=O) groups is 3. The minimum atomic E-state index is -0.577. The van der Waals surface area contributed by atoms with Gasteiger partial charge in [0.2, 0.25) is 5.78 Å². The highest BCUT2D eigenvalue weighted by molar-refractivity contribution is 6.59. The Morgan fingerprint density at radius 1 is 0.800 bits per heavy atom. The van der Waals surface area contributed by atoms with Crippen molar-refractivity contribution in [3.05, 3.63) is 124 Å². The van der Waals surface area contributed by atoms with Crippen LogP contribution < -0.4 is 20.8 Å². The maximum absolute atomic E-state index is 13.5. The van der Waals surface area contributed by atoms with Gasteiger partial charge in [-0.25, -0.2) is 0 Å². The first kappa shape index (κ1) is 26.4. The zero-order chi connectivity index (χ0) is 28.1. The number of hydrazone groups is 1. The molecule has 0 aromatic heterocycles. The molecule has 1 aliphatic rings. The van der Waals surface area contributed by atoms with Crippen molar-refractivity contribution in [3.63, 3.8) is 0 Å². The predicted molar refractivity (Wildman–Crippen MR) is 157 cm³/mol. The van der Waals surface area contributed by atoms with Gasteiger partial charge in [-0.2, -0.15) is 5.10 Å². The summed E-state index contributed by atoms with van der Waals surface area (Å²) in [6.45, 7) is 0. The van der Waals surface area contributed by atoms with Crippen molar-refractivity contribution < 1.29 is 19.1 Å². The van der Waals surface area contributed by atoms with Gasteiger partial charge in [0.25, 0.3) is 11.8 Å². The molecule has 0 aliphatic heterocycles. The maximum Gasteiger partial charge on any atom is 0.259 e. The fourth-order valence-corrected chi connectivity index (χ4v) is 4.22. The average Bonchev–Trinajstić information content (AvgIpc) is 2.98. The number of halogens is 1. The van der Waals surface area contributed by atoms with Crippen LogP contribution in [-0.4, -0.2) is 30.4 Å². The van der Waals surface area contributed by atoms with Crippen molar-refractivity contribution in [2.24, 2.45) is 5.10 Å². The summed E-state index contributed by atoms with van der Waals surface area (Å²) < 4.78 is 5.44. The molecule has 0 bridgehead atoms. The molecule has 0 saturated carbocycles. The molecule has 4 aromatic rings. The Bertz CT molecular complexity index is 1660. The van der Waals surface area contributed by atoms with Crippen LogP contribution in [0.25, 0.3) is 6.08 Å². The Kier molecular flexibility index (Phi) is 7.70. The van der Waals surface area contributed by atoms with Crippen LogP contribution in [0.5, 0.6) is 5.75 Å². The molecule has 5 rings (SSSR count). The minimum Gasteiger partial charge on any atom is -0.495 e. The summed E-state index contributed by atoms with van der Waals surface area (Å²) in [6, 6.07) is 27.6. The Morgan fingerprint density at radius 2 is 1.48 bits per heavy atom. The summed E-state index contributed by atoms with van der Waals surface area (Å²) >= 11 is 5.93. The van der Waals surface area contributed by atoms with E-state index in [0.717, 1.165) is 0 Å². The van der Waals surface area contributed by atoms with Crippen LogP contribution in [0.15, 0.2) is 108 Å². The van der Waals surface area contributed by atoms with E-state index in [0.29, 0.717) is 44.5 Å². The van der Waals surface area contributed by atoms with E-state index in [1.165, 1.54) is 13.2 Å². The zero-order valence-electron chi connectivity index (χ0n) is 21.3. The van der Waals surface area contributed by atoms with Crippen molar-refractivity contribution in [2.75, 3.05) is 23.2 Å². The highest BCUT2D eigenvalue weighted by atomic mass is 35.5. The van der Waals surface area contributed by atoms with Gasteiger partial charge in [0.1, 0.15) is 11.5 Å². The number of nitrogens with one attached hydrogen (secondary N) is 3. The molecule has 198 valence electrons. The van der Waals surface area contributed by atoms with Gasteiger partial charge < -0.3 is 15.4 Å². The highest BCUT2D eigenvalue weighted by Crippen LogP contribution is 2.28. The highest BCUT2D eigenvalue weighted by Gasteiger charge is 2.30.